The number of aromatic nitrogens is 3. The van der Waals surface area contributed by atoms with Gasteiger partial charge >= 0.3 is 0 Å². The number of carbonyl (C=O) groups is 1. The van der Waals surface area contributed by atoms with E-state index in [1.165, 1.54) is 0 Å². The second kappa shape index (κ2) is 10.9. The van der Waals surface area contributed by atoms with Crippen LogP contribution in [0.1, 0.15) is 22.8 Å². The summed E-state index contributed by atoms with van der Waals surface area (Å²) in [5.74, 6) is 1.27. The maximum Gasteiger partial charge on any atom is 0.255 e. The van der Waals surface area contributed by atoms with Gasteiger partial charge < -0.3 is 21.1 Å². The number of nitrogens with two attached hydrogens (primary N) is 1. The molecule has 6 rings (SSSR count). The number of fused-ring (bicyclic) bond motifs is 2. The lowest BCUT2D eigenvalue weighted by Gasteiger charge is -2.12. The lowest BCUT2D eigenvalue weighted by atomic mass is 10.0. The normalized spacial score (nSPS) is 11.1. The van der Waals surface area contributed by atoms with E-state index in [-0.39, 0.29) is 5.91 Å². The summed E-state index contributed by atoms with van der Waals surface area (Å²) in [6.07, 6.45) is 1.75. The monoisotopic (exact) mass is 528 g/mol. The van der Waals surface area contributed by atoms with E-state index in [1.807, 2.05) is 67.6 Å². The zero-order valence-electron chi connectivity index (χ0n) is 22.0. The summed E-state index contributed by atoms with van der Waals surface area (Å²) in [5.41, 5.74) is 11.4. The predicted octanol–water partition coefficient (Wildman–Crippen LogP) is 6.40. The maximum atomic E-state index is 12.6. The Bertz CT molecular complexity index is 1810. The van der Waals surface area contributed by atoms with Crippen LogP contribution in [0.2, 0.25) is 0 Å². The number of ether oxygens (including phenoxy) is 1. The van der Waals surface area contributed by atoms with E-state index in [2.05, 4.69) is 40.0 Å². The van der Waals surface area contributed by atoms with Crippen molar-refractivity contribution < 1.29 is 9.53 Å². The van der Waals surface area contributed by atoms with Crippen molar-refractivity contribution in [2.75, 3.05) is 17.2 Å². The Morgan fingerprint density at radius 1 is 0.875 bits per heavy atom. The molecule has 0 saturated carbocycles. The highest BCUT2D eigenvalue weighted by molar-refractivity contribution is 6.04. The lowest BCUT2D eigenvalue weighted by Crippen LogP contribution is -2.12. The Hall–Kier alpha value is -5.21. The molecule has 0 spiro atoms. The van der Waals surface area contributed by atoms with E-state index in [1.54, 1.807) is 22.8 Å². The Morgan fingerprint density at radius 3 is 2.40 bits per heavy atom. The van der Waals surface area contributed by atoms with E-state index in [0.717, 1.165) is 44.5 Å². The first-order valence-electron chi connectivity index (χ1n) is 13.1. The van der Waals surface area contributed by atoms with Crippen molar-refractivity contribution in [1.82, 2.24) is 14.6 Å². The number of anilines is 3. The lowest BCUT2D eigenvalue weighted by molar-refractivity contribution is 0.102. The van der Waals surface area contributed by atoms with Gasteiger partial charge in [-0.15, -0.1) is 0 Å². The summed E-state index contributed by atoms with van der Waals surface area (Å²) in [7, 11) is 0. The number of rotatable bonds is 8. The molecule has 0 bridgehead atoms. The molecule has 0 saturated heterocycles. The summed E-state index contributed by atoms with van der Waals surface area (Å²) in [4.78, 5) is 17.5. The number of hydrogen-bond donors (Lipinski definition) is 3. The third-order valence-corrected chi connectivity index (χ3v) is 6.65. The van der Waals surface area contributed by atoms with E-state index < -0.39 is 0 Å². The summed E-state index contributed by atoms with van der Waals surface area (Å²) in [6, 6.07) is 31.1. The van der Waals surface area contributed by atoms with Gasteiger partial charge in [-0.3, -0.25) is 4.79 Å². The summed E-state index contributed by atoms with van der Waals surface area (Å²) in [5, 5.41) is 13.0. The van der Waals surface area contributed by atoms with Crippen LogP contribution in [0.15, 0.2) is 103 Å². The minimum Gasteiger partial charge on any atom is -0.494 e. The molecule has 0 aliphatic rings. The molecule has 8 nitrogen and oxygen atoms in total. The Labute approximate surface area is 231 Å². The van der Waals surface area contributed by atoms with Gasteiger partial charge in [-0.05, 0) is 90.0 Å². The number of hydrogen-bond acceptors (Lipinski definition) is 6. The first kappa shape index (κ1) is 25.1. The molecule has 1 amide bonds. The molecule has 2 heterocycles. The molecule has 8 heteroatoms. The average molecular weight is 529 g/mol. The zero-order valence-corrected chi connectivity index (χ0v) is 22.0. The van der Waals surface area contributed by atoms with Gasteiger partial charge in [0.1, 0.15) is 5.75 Å². The number of nitrogens with one attached hydrogen (secondary N) is 2. The van der Waals surface area contributed by atoms with E-state index in [4.69, 9.17) is 15.5 Å². The molecule has 4 N–H and O–H groups in total. The molecule has 2 aromatic heterocycles. The van der Waals surface area contributed by atoms with Crippen molar-refractivity contribution in [3.8, 4) is 17.0 Å². The fraction of sp³-hybridized carbons (Fsp3) is 0.0938. The minimum atomic E-state index is -0.179. The Morgan fingerprint density at radius 2 is 1.62 bits per heavy atom. The molecule has 0 radical (unpaired) electrons. The van der Waals surface area contributed by atoms with Crippen LogP contribution < -0.4 is 21.1 Å². The van der Waals surface area contributed by atoms with Crippen LogP contribution in [0.25, 0.3) is 27.5 Å². The average Bonchev–Trinajstić information content (AvgIpc) is 3.47. The van der Waals surface area contributed by atoms with E-state index in [0.29, 0.717) is 30.4 Å². The van der Waals surface area contributed by atoms with Crippen molar-refractivity contribution in [1.29, 1.82) is 0 Å². The first-order valence-corrected chi connectivity index (χ1v) is 13.1. The van der Waals surface area contributed by atoms with Crippen LogP contribution in [-0.4, -0.2) is 27.1 Å². The fourth-order valence-electron chi connectivity index (χ4n) is 4.56. The molecule has 0 aliphatic carbocycles. The van der Waals surface area contributed by atoms with Gasteiger partial charge in [0.2, 0.25) is 5.95 Å². The minimum absolute atomic E-state index is 0.179. The highest BCUT2D eigenvalue weighted by atomic mass is 16.5. The van der Waals surface area contributed by atoms with Crippen LogP contribution >= 0.6 is 0 Å². The number of carbonyl (C=O) groups excluding carboxylic acids is 1. The fourth-order valence-corrected chi connectivity index (χ4v) is 4.56. The maximum absolute atomic E-state index is 12.6. The van der Waals surface area contributed by atoms with Crippen molar-refractivity contribution in [3.63, 3.8) is 0 Å². The van der Waals surface area contributed by atoms with Gasteiger partial charge in [0, 0.05) is 29.0 Å². The third kappa shape index (κ3) is 5.21. The van der Waals surface area contributed by atoms with Gasteiger partial charge in [0.05, 0.1) is 24.0 Å². The molecule has 0 unspecified atom stereocenters. The quantitative estimate of drug-likeness (QED) is 0.211. The summed E-state index contributed by atoms with van der Waals surface area (Å²) >= 11 is 0. The third-order valence-electron chi connectivity index (χ3n) is 6.65. The van der Waals surface area contributed by atoms with Gasteiger partial charge in [-0.25, -0.2) is 9.50 Å². The molecule has 0 fully saturated rings. The van der Waals surface area contributed by atoms with Gasteiger partial charge in [0.15, 0.2) is 0 Å². The number of amides is 1. The molecule has 0 aliphatic heterocycles. The Balaban J connectivity index is 1.23. The van der Waals surface area contributed by atoms with Crippen LogP contribution in [0, 0.1) is 0 Å². The second-order valence-electron chi connectivity index (χ2n) is 9.35. The van der Waals surface area contributed by atoms with Gasteiger partial charge in [-0.1, -0.05) is 30.3 Å². The highest BCUT2D eigenvalue weighted by Crippen LogP contribution is 2.29. The Kier molecular flexibility index (Phi) is 6.82. The molecule has 6 aromatic rings. The molecule has 198 valence electrons. The molecular weight excluding hydrogens is 500 g/mol. The molecule has 0 atom stereocenters. The van der Waals surface area contributed by atoms with Crippen molar-refractivity contribution in [2.45, 2.75) is 13.5 Å². The zero-order chi connectivity index (χ0) is 27.5. The second-order valence-corrected chi connectivity index (χ2v) is 9.35. The first-order chi connectivity index (χ1) is 19.6. The van der Waals surface area contributed by atoms with E-state index >= 15 is 0 Å². The van der Waals surface area contributed by atoms with E-state index in [9.17, 15) is 4.79 Å². The van der Waals surface area contributed by atoms with Crippen molar-refractivity contribution in [3.05, 3.63) is 114 Å². The van der Waals surface area contributed by atoms with Crippen molar-refractivity contribution >= 4 is 39.5 Å². The standard InChI is InChI=1S/C32H28N6O2/c1-2-40-29-14-9-23-17-25(8-7-24(23)18-29)30-19-28-15-16-34-38(28)32(37-30)36-27-12-10-26(11-13-27)35-31(39)22-5-3-21(20-33)4-6-22/h3-19H,2,20,33H2,1H3,(H,35,39)(H,36,37). The van der Waals surface area contributed by atoms with Crippen LogP contribution in [-0.2, 0) is 6.54 Å². The SMILES string of the molecule is CCOc1ccc2cc(-c3cc4ccnn4c(Nc4ccc(NC(=O)c5ccc(CN)cc5)cc4)n3)ccc2c1. The molecule has 40 heavy (non-hydrogen) atoms. The number of nitrogens with zero attached hydrogens (tertiary/aromatic N) is 3. The molecule has 4 aromatic carbocycles. The van der Waals surface area contributed by atoms with Gasteiger partial charge in [-0.2, -0.15) is 5.10 Å². The predicted molar refractivity (Wildman–Crippen MR) is 159 cm³/mol. The highest BCUT2D eigenvalue weighted by Gasteiger charge is 2.11. The van der Waals surface area contributed by atoms with Crippen molar-refractivity contribution in [2.24, 2.45) is 5.73 Å². The van der Waals surface area contributed by atoms with Crippen LogP contribution in [0.5, 0.6) is 5.75 Å². The molecular formula is C32H28N6O2. The largest absolute Gasteiger partial charge is 0.494 e. The van der Waals surface area contributed by atoms with Gasteiger partial charge in [0.25, 0.3) is 5.91 Å². The summed E-state index contributed by atoms with van der Waals surface area (Å²) < 4.78 is 7.40. The van der Waals surface area contributed by atoms with Crippen LogP contribution in [0.3, 0.4) is 0 Å². The van der Waals surface area contributed by atoms with Crippen LogP contribution in [0.4, 0.5) is 17.3 Å². The topological polar surface area (TPSA) is 107 Å². The number of benzene rings is 4. The smallest absolute Gasteiger partial charge is 0.255 e. The summed E-state index contributed by atoms with van der Waals surface area (Å²) in [6.45, 7) is 3.06.